The summed E-state index contributed by atoms with van der Waals surface area (Å²) >= 11 is 0. The minimum atomic E-state index is -0.372. The Hall–Kier alpha value is -2.10. The Morgan fingerprint density at radius 1 is 0.917 bits per heavy atom. The van der Waals surface area contributed by atoms with Gasteiger partial charge in [0.1, 0.15) is 12.4 Å². The van der Waals surface area contributed by atoms with Crippen LogP contribution >= 0.6 is 0 Å². The Morgan fingerprint density at radius 2 is 1.67 bits per heavy atom. The topological polar surface area (TPSA) is 27.7 Å². The molecule has 1 aliphatic heterocycles. The van der Waals surface area contributed by atoms with E-state index in [1.165, 1.54) is 16.7 Å². The van der Waals surface area contributed by atoms with E-state index in [1.54, 1.807) is 0 Å². The molecule has 2 aliphatic rings. The fourth-order valence-electron chi connectivity index (χ4n) is 3.40. The SMILES string of the molecule is C1=C(c2ccccc2OCc2ccccc2)CCC2(C1)OCCO2. The summed E-state index contributed by atoms with van der Waals surface area (Å²) in [6, 6.07) is 18.5. The number of benzene rings is 2. The largest absolute Gasteiger partial charge is 0.488 e. The Labute approximate surface area is 142 Å². The maximum Gasteiger partial charge on any atom is 0.172 e. The average Bonchev–Trinajstić information content (AvgIpc) is 3.10. The lowest BCUT2D eigenvalue weighted by Crippen LogP contribution is -2.31. The molecule has 0 atom stereocenters. The highest BCUT2D eigenvalue weighted by molar-refractivity contribution is 5.71. The van der Waals surface area contributed by atoms with Crippen LogP contribution in [0.2, 0.25) is 0 Å². The molecule has 4 rings (SSSR count). The summed E-state index contributed by atoms with van der Waals surface area (Å²) in [4.78, 5) is 0. The maximum absolute atomic E-state index is 6.09. The van der Waals surface area contributed by atoms with Crippen LogP contribution in [-0.2, 0) is 16.1 Å². The second kappa shape index (κ2) is 6.80. The number of ether oxygens (including phenoxy) is 3. The molecule has 0 amide bonds. The third kappa shape index (κ3) is 3.23. The summed E-state index contributed by atoms with van der Waals surface area (Å²) in [6.45, 7) is 2.00. The highest BCUT2D eigenvalue weighted by Gasteiger charge is 2.37. The van der Waals surface area contributed by atoms with Crippen molar-refractivity contribution in [2.24, 2.45) is 0 Å². The highest BCUT2D eigenvalue weighted by Crippen LogP contribution is 2.40. The van der Waals surface area contributed by atoms with Gasteiger partial charge in [0.05, 0.1) is 13.2 Å². The van der Waals surface area contributed by atoms with E-state index >= 15 is 0 Å². The summed E-state index contributed by atoms with van der Waals surface area (Å²) in [5, 5.41) is 0. The molecule has 124 valence electrons. The van der Waals surface area contributed by atoms with Crippen molar-refractivity contribution in [3.05, 3.63) is 71.8 Å². The number of hydrogen-bond acceptors (Lipinski definition) is 3. The van der Waals surface area contributed by atoms with Crippen molar-refractivity contribution < 1.29 is 14.2 Å². The molecular formula is C21H22O3. The predicted octanol–water partition coefficient (Wildman–Crippen LogP) is 4.58. The zero-order valence-electron chi connectivity index (χ0n) is 13.7. The van der Waals surface area contributed by atoms with Gasteiger partial charge in [-0.1, -0.05) is 54.6 Å². The molecule has 0 saturated carbocycles. The van der Waals surface area contributed by atoms with Crippen LogP contribution in [0.15, 0.2) is 60.7 Å². The number of hydrogen-bond donors (Lipinski definition) is 0. The van der Waals surface area contributed by atoms with E-state index in [4.69, 9.17) is 14.2 Å². The van der Waals surface area contributed by atoms with Crippen LogP contribution in [0.5, 0.6) is 5.75 Å². The van der Waals surface area contributed by atoms with Crippen molar-refractivity contribution in [1.82, 2.24) is 0 Å². The van der Waals surface area contributed by atoms with Gasteiger partial charge in [-0.25, -0.2) is 0 Å². The molecule has 0 N–H and O–H groups in total. The van der Waals surface area contributed by atoms with Crippen LogP contribution in [-0.4, -0.2) is 19.0 Å². The molecule has 1 fully saturated rings. The second-order valence-corrected chi connectivity index (χ2v) is 6.31. The smallest absolute Gasteiger partial charge is 0.172 e. The normalized spacial score (nSPS) is 19.2. The van der Waals surface area contributed by atoms with Gasteiger partial charge >= 0.3 is 0 Å². The standard InChI is InChI=1S/C21H22O3/c1-2-6-17(7-3-1)16-22-20-9-5-4-8-19(20)18-10-12-21(13-11-18)23-14-15-24-21/h1-10H,11-16H2. The lowest BCUT2D eigenvalue weighted by molar-refractivity contribution is -0.159. The molecule has 1 heterocycles. The van der Waals surface area contributed by atoms with E-state index in [2.05, 4.69) is 30.3 Å². The van der Waals surface area contributed by atoms with Gasteiger partial charge in [-0.05, 0) is 23.6 Å². The molecule has 0 radical (unpaired) electrons. The fraction of sp³-hybridized carbons (Fsp3) is 0.333. The van der Waals surface area contributed by atoms with E-state index < -0.39 is 0 Å². The zero-order chi connectivity index (χ0) is 16.2. The van der Waals surface area contributed by atoms with E-state index in [9.17, 15) is 0 Å². The first kappa shape index (κ1) is 15.4. The van der Waals surface area contributed by atoms with Gasteiger partial charge in [0.25, 0.3) is 0 Å². The van der Waals surface area contributed by atoms with E-state index in [0.29, 0.717) is 19.8 Å². The average molecular weight is 322 g/mol. The first-order chi connectivity index (χ1) is 11.8. The van der Waals surface area contributed by atoms with Crippen molar-refractivity contribution in [2.75, 3.05) is 13.2 Å². The lowest BCUT2D eigenvalue weighted by atomic mass is 9.89. The molecule has 0 aromatic heterocycles. The minimum Gasteiger partial charge on any atom is -0.488 e. The summed E-state index contributed by atoms with van der Waals surface area (Å²) in [6.07, 6.45) is 4.92. The van der Waals surface area contributed by atoms with Gasteiger partial charge in [0.2, 0.25) is 0 Å². The van der Waals surface area contributed by atoms with Crippen LogP contribution < -0.4 is 4.74 Å². The van der Waals surface area contributed by atoms with Crippen molar-refractivity contribution in [1.29, 1.82) is 0 Å². The van der Waals surface area contributed by atoms with E-state index in [0.717, 1.165) is 25.0 Å². The van der Waals surface area contributed by atoms with Crippen molar-refractivity contribution in [3.63, 3.8) is 0 Å². The van der Waals surface area contributed by atoms with Crippen LogP contribution in [0, 0.1) is 0 Å². The Morgan fingerprint density at radius 3 is 2.42 bits per heavy atom. The lowest BCUT2D eigenvalue weighted by Gasteiger charge is -2.31. The summed E-state index contributed by atoms with van der Waals surface area (Å²) in [5.74, 6) is 0.570. The van der Waals surface area contributed by atoms with Gasteiger partial charge in [-0.3, -0.25) is 0 Å². The highest BCUT2D eigenvalue weighted by atomic mass is 16.7. The Balaban J connectivity index is 1.50. The monoisotopic (exact) mass is 322 g/mol. The molecular weight excluding hydrogens is 300 g/mol. The second-order valence-electron chi connectivity index (χ2n) is 6.31. The van der Waals surface area contributed by atoms with Crippen molar-refractivity contribution in [2.45, 2.75) is 31.7 Å². The first-order valence-electron chi connectivity index (χ1n) is 8.58. The van der Waals surface area contributed by atoms with E-state index in [-0.39, 0.29) is 5.79 Å². The molecule has 24 heavy (non-hydrogen) atoms. The number of para-hydroxylation sites is 1. The zero-order valence-corrected chi connectivity index (χ0v) is 13.7. The molecule has 1 spiro atoms. The Kier molecular flexibility index (Phi) is 4.37. The minimum absolute atomic E-state index is 0.372. The Bertz CT molecular complexity index is 715. The van der Waals surface area contributed by atoms with Crippen LogP contribution in [0.4, 0.5) is 0 Å². The van der Waals surface area contributed by atoms with Gasteiger partial charge in [-0.2, -0.15) is 0 Å². The summed E-state index contributed by atoms with van der Waals surface area (Å²) < 4.78 is 17.7. The van der Waals surface area contributed by atoms with Gasteiger partial charge in [0.15, 0.2) is 5.79 Å². The third-order valence-electron chi connectivity index (χ3n) is 4.72. The third-order valence-corrected chi connectivity index (χ3v) is 4.72. The predicted molar refractivity (Wildman–Crippen MR) is 93.7 cm³/mol. The first-order valence-corrected chi connectivity index (χ1v) is 8.58. The van der Waals surface area contributed by atoms with Crippen LogP contribution in [0.1, 0.15) is 30.4 Å². The summed E-state index contributed by atoms with van der Waals surface area (Å²) in [7, 11) is 0. The summed E-state index contributed by atoms with van der Waals surface area (Å²) in [5.41, 5.74) is 3.68. The molecule has 1 saturated heterocycles. The molecule has 3 nitrogen and oxygen atoms in total. The number of allylic oxidation sites excluding steroid dienone is 1. The molecule has 3 heteroatoms. The van der Waals surface area contributed by atoms with E-state index in [1.807, 2.05) is 30.3 Å². The molecule has 1 aliphatic carbocycles. The number of rotatable bonds is 4. The molecule has 2 aromatic carbocycles. The fourth-order valence-corrected chi connectivity index (χ4v) is 3.40. The molecule has 0 bridgehead atoms. The van der Waals surface area contributed by atoms with Gasteiger partial charge in [0, 0.05) is 18.4 Å². The van der Waals surface area contributed by atoms with Crippen molar-refractivity contribution >= 4 is 5.57 Å². The van der Waals surface area contributed by atoms with Gasteiger partial charge in [-0.15, -0.1) is 0 Å². The maximum atomic E-state index is 6.09. The molecule has 2 aromatic rings. The van der Waals surface area contributed by atoms with Crippen LogP contribution in [0.25, 0.3) is 5.57 Å². The quantitative estimate of drug-likeness (QED) is 0.825. The van der Waals surface area contributed by atoms with Crippen molar-refractivity contribution in [3.8, 4) is 5.75 Å². The molecule has 0 unspecified atom stereocenters. The van der Waals surface area contributed by atoms with Gasteiger partial charge < -0.3 is 14.2 Å². The van der Waals surface area contributed by atoms with Crippen LogP contribution in [0.3, 0.4) is 0 Å².